The van der Waals surface area contributed by atoms with Crippen LogP contribution in [0.2, 0.25) is 0 Å². The third-order valence-corrected chi connectivity index (χ3v) is 20.3. The van der Waals surface area contributed by atoms with Crippen LogP contribution in [0.25, 0.3) is 20.9 Å². The number of aliphatic hydroxyl groups is 1. The maximum atomic E-state index is 13.3. The highest BCUT2D eigenvalue weighted by Gasteiger charge is 2.46. The summed E-state index contributed by atoms with van der Waals surface area (Å²) in [7, 11) is -17.1. The third-order valence-electron chi connectivity index (χ3n) is 15.0. The molecule has 0 spiro atoms. The van der Waals surface area contributed by atoms with Crippen LogP contribution in [0.4, 0.5) is 9.59 Å². The van der Waals surface area contributed by atoms with Crippen LogP contribution in [-0.4, -0.2) is 244 Å². The number of amides is 7. The molecule has 1 aromatic rings. The summed E-state index contributed by atoms with van der Waals surface area (Å²) in [5.41, 5.74) is 24.3. The van der Waals surface area contributed by atoms with Crippen molar-refractivity contribution in [2.45, 2.75) is 113 Å². The maximum absolute atomic E-state index is 13.3. The van der Waals surface area contributed by atoms with Gasteiger partial charge in [0.2, 0.25) is 11.8 Å². The van der Waals surface area contributed by atoms with Gasteiger partial charge in [0.05, 0.1) is 121 Å². The lowest BCUT2D eigenvalue weighted by Gasteiger charge is -2.32. The molecule has 1 aromatic carbocycles. The number of ether oxygens (including phenoxy) is 9. The van der Waals surface area contributed by atoms with Crippen molar-refractivity contribution >= 4 is 76.5 Å². The topological polar surface area (TPSA) is 577 Å². The second kappa shape index (κ2) is 42.8. The first kappa shape index (κ1) is 84.1. The number of urea groups is 2. The third kappa shape index (κ3) is 30.9. The molecule has 4 aliphatic heterocycles. The van der Waals surface area contributed by atoms with E-state index in [0.717, 1.165) is 29.9 Å². The molecule has 0 aromatic heterocycles. The van der Waals surface area contributed by atoms with E-state index in [-0.39, 0.29) is 143 Å². The zero-order chi connectivity index (χ0) is 74.1. The molecule has 9 unspecified atom stereocenters. The lowest BCUT2D eigenvalue weighted by molar-refractivity contribution is -0.126. The van der Waals surface area contributed by atoms with Crippen molar-refractivity contribution in [1.29, 1.82) is 0 Å². The number of phosphoric ester groups is 1. The Bertz CT molecular complexity index is 3440. The molecule has 0 saturated carbocycles. The average molecular weight is 1520 g/mol. The van der Waals surface area contributed by atoms with Gasteiger partial charge in [-0.05, 0) is 47.5 Å². The number of rotatable bonds is 47. The van der Waals surface area contributed by atoms with E-state index < -0.39 is 97.5 Å². The van der Waals surface area contributed by atoms with Crippen molar-refractivity contribution < 1.29 is 123 Å². The Morgan fingerprint density at radius 3 is 2.30 bits per heavy atom. The summed E-state index contributed by atoms with van der Waals surface area (Å²) in [6.07, 6.45) is -1.27. The number of benzene rings is 1. The molecule has 10 atom stereocenters. The Morgan fingerprint density at radius 2 is 1.59 bits per heavy atom. The first-order valence-electron chi connectivity index (χ1n) is 32.0. The number of aliphatic hydroxyl groups excluding tert-OH is 1. The van der Waals surface area contributed by atoms with Gasteiger partial charge in [-0.3, -0.25) is 33.6 Å². The van der Waals surface area contributed by atoms with Crippen molar-refractivity contribution in [3.05, 3.63) is 73.8 Å². The minimum Gasteiger partial charge on any atom is -0.511 e. The number of aliphatic imine (C=N–C) groups is 1. The van der Waals surface area contributed by atoms with Gasteiger partial charge >= 0.3 is 35.5 Å². The SMILES string of the molecule is CC1(C)CC(=O)C(C(CCOCCOCCOCCOCCNC(=O)CCCCC2SCC3NC(=O)NC32)=NCCNC(=O)c2cccc(OCC(N=[N+]=[N-])OCCOCC(=O)NCC#CC3=CN(C4C[C@@H](OCN=[N+]=[N-])C(COP(=O)(O)OP(=O)(O)OP(=O)(O)O)O4)C(=O)NC3N)c2)=C(O)C1. The number of phosphoric acid groups is 3. The number of fused-ring (bicyclic) bond motifs is 1. The molecule has 41 nitrogen and oxygen atoms in total. The van der Waals surface area contributed by atoms with Crippen LogP contribution in [0, 0.1) is 17.3 Å². The normalized spacial score (nSPS) is 22.4. The van der Waals surface area contributed by atoms with E-state index in [2.05, 4.69) is 81.9 Å². The Balaban J connectivity index is 0.833. The zero-order valence-electron chi connectivity index (χ0n) is 55.8. The number of carbonyl (C=O) groups excluding carboxylic acids is 6. The van der Waals surface area contributed by atoms with Gasteiger partial charge in [0, 0.05) is 77.8 Å². The van der Waals surface area contributed by atoms with Gasteiger partial charge in [-0.1, -0.05) is 48.4 Å². The Kier molecular flexibility index (Phi) is 35.3. The number of Topliss-reactive ketones (excluding diaryl/α,β-unsaturated/α-hetero) is 1. The van der Waals surface area contributed by atoms with Crippen LogP contribution in [0.3, 0.4) is 0 Å². The first-order valence-corrected chi connectivity index (χ1v) is 37.6. The van der Waals surface area contributed by atoms with Gasteiger partial charge < -0.3 is 105 Å². The van der Waals surface area contributed by atoms with Crippen LogP contribution >= 0.6 is 35.2 Å². The van der Waals surface area contributed by atoms with E-state index in [4.69, 9.17) is 63.7 Å². The number of allylic oxidation sites excluding steroid dienone is 2. The van der Waals surface area contributed by atoms with Crippen molar-refractivity contribution in [2.24, 2.45) is 26.4 Å². The second-order valence-electron chi connectivity index (χ2n) is 23.5. The number of thioether (sulfide) groups is 1. The van der Waals surface area contributed by atoms with Crippen LogP contribution in [0.15, 0.2) is 62.6 Å². The molecule has 7 amide bonds. The Morgan fingerprint density at radius 1 is 0.863 bits per heavy atom. The Labute approximate surface area is 589 Å². The van der Waals surface area contributed by atoms with Gasteiger partial charge in [0.1, 0.15) is 50.0 Å². The fraction of sp³-hybridized carbons (Fsp3) is 0.667. The molecule has 3 saturated heterocycles. The van der Waals surface area contributed by atoms with E-state index in [9.17, 15) is 62.9 Å². The fourth-order valence-corrected chi connectivity index (χ4v) is 15.0. The van der Waals surface area contributed by atoms with E-state index in [1.54, 1.807) is 18.2 Å². The molecule has 566 valence electrons. The van der Waals surface area contributed by atoms with Crippen LogP contribution < -0.4 is 42.4 Å². The molecule has 102 heavy (non-hydrogen) atoms. The molecule has 1 aliphatic carbocycles. The lowest BCUT2D eigenvalue weighted by Crippen LogP contribution is -2.54. The number of carbonyl (C=O) groups is 6. The molecular formula is C57H86N15O26P3S. The number of nitrogens with two attached hydrogens (primary N) is 1. The summed E-state index contributed by atoms with van der Waals surface area (Å²) < 4.78 is 97.7. The summed E-state index contributed by atoms with van der Waals surface area (Å²) >= 11 is 1.86. The van der Waals surface area contributed by atoms with Crippen LogP contribution in [-0.2, 0) is 79.1 Å². The van der Waals surface area contributed by atoms with Gasteiger partial charge in [-0.25, -0.2) is 23.3 Å². The van der Waals surface area contributed by atoms with Gasteiger partial charge in [0.15, 0.2) is 12.0 Å². The molecule has 0 radical (unpaired) electrons. The number of azide groups is 2. The zero-order valence-corrected chi connectivity index (χ0v) is 59.3. The number of unbranched alkanes of at least 4 members (excludes halogenated alkanes) is 1. The predicted molar refractivity (Wildman–Crippen MR) is 358 cm³/mol. The average Bonchev–Trinajstić information content (AvgIpc) is 1.36. The summed E-state index contributed by atoms with van der Waals surface area (Å²) in [6.45, 7) is 3.90. The number of hydrogen-bond acceptors (Lipinski definition) is 27. The molecule has 3 fully saturated rings. The molecule has 0 bridgehead atoms. The van der Waals surface area contributed by atoms with E-state index in [1.807, 2.05) is 25.6 Å². The molecule has 6 rings (SSSR count). The highest BCUT2D eigenvalue weighted by atomic mass is 32.2. The summed E-state index contributed by atoms with van der Waals surface area (Å²) in [4.78, 5) is 124. The summed E-state index contributed by atoms with van der Waals surface area (Å²) in [5, 5.41) is 34.7. The second-order valence-corrected chi connectivity index (χ2v) is 29.2. The van der Waals surface area contributed by atoms with Crippen molar-refractivity contribution in [3.8, 4) is 17.6 Å². The largest absolute Gasteiger partial charge is 0.511 e. The van der Waals surface area contributed by atoms with Crippen molar-refractivity contribution in [3.63, 3.8) is 0 Å². The van der Waals surface area contributed by atoms with Crippen LogP contribution in [0.1, 0.15) is 75.6 Å². The smallest absolute Gasteiger partial charge is 0.490 e. The van der Waals surface area contributed by atoms with Crippen molar-refractivity contribution in [2.75, 3.05) is 125 Å². The van der Waals surface area contributed by atoms with Gasteiger partial charge in [-0.15, -0.1) is 0 Å². The quantitative estimate of drug-likeness (QED) is 0.00652. The first-order chi connectivity index (χ1) is 48.6. The highest BCUT2D eigenvalue weighted by Crippen LogP contribution is 2.66. The number of hydrogen-bond donors (Lipinski definition) is 12. The standard InChI is InChI=1S/C57H86N15O26P3S/c1-57(2)29-42(73)51(43(74)30-57)40(12-17-87-19-21-89-23-24-90-22-20-88-18-16-63-47(75)11-4-3-10-46-52-41(35-102-46)66-55(78)67-52)61-14-15-64-54(77)37-7-5-9-39(27-37)93-34-49(69-71-60)92-26-25-91-33-48(76)62-13-6-8-38-31-72(56(79)68-53(38)58)50-28-44(94-36-65-70-59)45(96-50)32-95-100(83,84)98-101(85,86)97-99(80,81)82/h5,7,9,27,31,41,44-46,49-50,52-53,73H,3-4,10-26,28-30,32-36,58H2,1-2H3,(H,62,76)(H,63,75)(H,64,77)(H,68,79)(H,83,84)(H,85,86)(H2,66,67,78)(H2,80,81,82)/t41?,44-,45?,46?,49?,50?,52?,53?/m1/s1. The molecule has 13 N–H and O–H groups in total. The minimum absolute atomic E-state index is 0.0201. The molecule has 45 heteroatoms. The fourth-order valence-electron chi connectivity index (χ4n) is 10.5. The molecule has 4 heterocycles. The number of ketones is 1. The highest BCUT2D eigenvalue weighted by molar-refractivity contribution is 8.00. The van der Waals surface area contributed by atoms with Gasteiger partial charge in [0.25, 0.3) is 5.91 Å². The van der Waals surface area contributed by atoms with E-state index >= 15 is 0 Å². The van der Waals surface area contributed by atoms with Crippen LogP contribution in [0.5, 0.6) is 5.75 Å². The van der Waals surface area contributed by atoms with Crippen molar-refractivity contribution in [1.82, 2.24) is 36.8 Å². The molecule has 5 aliphatic rings. The van der Waals surface area contributed by atoms with E-state index in [1.165, 1.54) is 12.3 Å². The summed E-state index contributed by atoms with van der Waals surface area (Å²) in [6, 6.07) is 5.60. The Hall–Kier alpha value is -6.83. The van der Waals surface area contributed by atoms with E-state index in [0.29, 0.717) is 57.0 Å². The number of nitrogens with one attached hydrogen (secondary N) is 6. The van der Waals surface area contributed by atoms with Gasteiger partial charge in [-0.2, -0.15) is 20.4 Å². The minimum atomic E-state index is -5.85. The molecular weight excluding hydrogens is 1440 g/mol. The maximum Gasteiger partial charge on any atom is 0.490 e. The predicted octanol–water partition coefficient (Wildman–Crippen LogP) is 2.83. The lowest BCUT2D eigenvalue weighted by atomic mass is 9.75. The summed E-state index contributed by atoms with van der Waals surface area (Å²) in [5.74, 6) is 5.12. The monoisotopic (exact) mass is 1520 g/mol. The number of nitrogens with zero attached hydrogens (tertiary/aromatic N) is 8.